The zero-order valence-electron chi connectivity index (χ0n) is 11.6. The molecule has 0 fully saturated rings. The highest BCUT2D eigenvalue weighted by molar-refractivity contribution is 6.00. The summed E-state index contributed by atoms with van der Waals surface area (Å²) in [6.07, 6.45) is 1.90. The summed E-state index contributed by atoms with van der Waals surface area (Å²) in [6, 6.07) is 13.3. The highest BCUT2D eigenvalue weighted by atomic mass is 16.3. The largest absolute Gasteiger partial charge is 0.388 e. The number of aromatic nitrogens is 3. The molecule has 0 radical (unpaired) electrons. The maximum Gasteiger partial charge on any atom is 0.188 e. The number of carbonyl (C=O) groups excluding carboxylic acids is 1. The van der Waals surface area contributed by atoms with Crippen LogP contribution in [0.2, 0.25) is 0 Å². The van der Waals surface area contributed by atoms with E-state index in [9.17, 15) is 4.79 Å². The van der Waals surface area contributed by atoms with Crippen LogP contribution in [0.5, 0.6) is 0 Å². The molecule has 4 rings (SSSR count). The van der Waals surface area contributed by atoms with E-state index in [0.717, 1.165) is 33.3 Å². The minimum absolute atomic E-state index is 0.299. The van der Waals surface area contributed by atoms with Gasteiger partial charge in [-0.25, -0.2) is 4.98 Å². The Morgan fingerprint density at radius 1 is 1.09 bits per heavy atom. The molecule has 0 aliphatic rings. The Hall–Kier alpha value is -2.92. The third-order valence-electron chi connectivity index (χ3n) is 3.77. The van der Waals surface area contributed by atoms with Gasteiger partial charge in [0.15, 0.2) is 5.78 Å². The Balaban J connectivity index is 1.82. The van der Waals surface area contributed by atoms with Crippen LogP contribution in [0.25, 0.3) is 33.3 Å². The summed E-state index contributed by atoms with van der Waals surface area (Å²) < 4.78 is 0. The van der Waals surface area contributed by atoms with Crippen molar-refractivity contribution in [3.63, 3.8) is 0 Å². The average Bonchev–Trinajstić information content (AvgIpc) is 3.18. The first-order chi connectivity index (χ1) is 10.7. The van der Waals surface area contributed by atoms with Crippen LogP contribution in [0, 0.1) is 0 Å². The molecule has 0 saturated carbocycles. The highest BCUT2D eigenvalue weighted by Gasteiger charge is 2.10. The van der Waals surface area contributed by atoms with Gasteiger partial charge in [-0.2, -0.15) is 0 Å². The van der Waals surface area contributed by atoms with Crippen molar-refractivity contribution in [2.24, 2.45) is 0 Å². The van der Waals surface area contributed by atoms with Gasteiger partial charge in [-0.05, 0) is 42.5 Å². The van der Waals surface area contributed by atoms with Crippen LogP contribution >= 0.6 is 0 Å². The zero-order chi connectivity index (χ0) is 15.1. The molecule has 3 N–H and O–H groups in total. The second-order valence-electron chi connectivity index (χ2n) is 5.18. The predicted octanol–water partition coefficient (Wildman–Crippen LogP) is 2.89. The van der Waals surface area contributed by atoms with Gasteiger partial charge < -0.3 is 15.1 Å². The van der Waals surface area contributed by atoms with Crippen molar-refractivity contribution in [2.45, 2.75) is 0 Å². The molecule has 0 aliphatic heterocycles. The van der Waals surface area contributed by atoms with Crippen LogP contribution in [-0.2, 0) is 0 Å². The number of ketones is 1. The normalized spacial score (nSPS) is 11.3. The molecule has 2 aromatic carbocycles. The first-order valence-electron chi connectivity index (χ1n) is 6.96. The molecule has 0 saturated heterocycles. The summed E-state index contributed by atoms with van der Waals surface area (Å²) in [6.45, 7) is -0.489. The van der Waals surface area contributed by atoms with Gasteiger partial charge in [0.05, 0.1) is 11.0 Å². The standard InChI is InChI=1S/C17H13N3O2/c21-9-16(22)11-1-4-14-15(8-11)20-17(19-14)12-2-3-13-10(7-12)5-6-18-13/h1-8,18,21H,9H2,(H,19,20). The Labute approximate surface area is 125 Å². The van der Waals surface area contributed by atoms with E-state index < -0.39 is 6.61 Å². The molecular formula is C17H13N3O2. The van der Waals surface area contributed by atoms with E-state index >= 15 is 0 Å². The number of aliphatic hydroxyl groups excluding tert-OH is 1. The van der Waals surface area contributed by atoms with E-state index in [4.69, 9.17) is 5.11 Å². The summed E-state index contributed by atoms with van der Waals surface area (Å²) in [7, 11) is 0. The number of H-pyrrole nitrogens is 2. The first-order valence-corrected chi connectivity index (χ1v) is 6.96. The van der Waals surface area contributed by atoms with Crippen molar-refractivity contribution in [2.75, 3.05) is 6.61 Å². The van der Waals surface area contributed by atoms with E-state index in [2.05, 4.69) is 21.0 Å². The number of Topliss-reactive ketones (excluding diaryl/α,β-unsaturated/α-hetero) is 1. The van der Waals surface area contributed by atoms with E-state index in [1.165, 1.54) is 0 Å². The van der Waals surface area contributed by atoms with E-state index in [0.29, 0.717) is 5.56 Å². The van der Waals surface area contributed by atoms with E-state index in [-0.39, 0.29) is 5.78 Å². The van der Waals surface area contributed by atoms with E-state index in [1.807, 2.05) is 24.4 Å². The number of hydrogen-bond acceptors (Lipinski definition) is 3. The number of aromatic amines is 2. The van der Waals surface area contributed by atoms with Gasteiger partial charge in [0, 0.05) is 28.2 Å². The molecule has 0 spiro atoms. The Morgan fingerprint density at radius 3 is 2.86 bits per heavy atom. The number of nitrogens with one attached hydrogen (secondary N) is 2. The van der Waals surface area contributed by atoms with Crippen molar-refractivity contribution in [3.05, 3.63) is 54.2 Å². The Kier molecular flexibility index (Phi) is 2.80. The smallest absolute Gasteiger partial charge is 0.188 e. The van der Waals surface area contributed by atoms with Crippen LogP contribution in [0.15, 0.2) is 48.7 Å². The third kappa shape index (κ3) is 1.99. The lowest BCUT2D eigenvalue weighted by Gasteiger charge is -1.97. The van der Waals surface area contributed by atoms with Gasteiger partial charge in [-0.3, -0.25) is 4.79 Å². The van der Waals surface area contributed by atoms with Crippen molar-refractivity contribution < 1.29 is 9.90 Å². The lowest BCUT2D eigenvalue weighted by Crippen LogP contribution is -2.03. The topological polar surface area (TPSA) is 81.8 Å². The predicted molar refractivity (Wildman–Crippen MR) is 84.8 cm³/mol. The van der Waals surface area contributed by atoms with Crippen molar-refractivity contribution in [1.29, 1.82) is 0 Å². The van der Waals surface area contributed by atoms with Crippen molar-refractivity contribution in [1.82, 2.24) is 15.0 Å². The molecule has 0 unspecified atom stereocenters. The van der Waals surface area contributed by atoms with Gasteiger partial charge in [-0.1, -0.05) is 0 Å². The van der Waals surface area contributed by atoms with Gasteiger partial charge in [0.1, 0.15) is 12.4 Å². The van der Waals surface area contributed by atoms with Gasteiger partial charge in [0.2, 0.25) is 0 Å². The SMILES string of the molecule is O=C(CO)c1ccc2nc(-c3ccc4[nH]ccc4c3)[nH]c2c1. The minimum Gasteiger partial charge on any atom is -0.388 e. The van der Waals surface area contributed by atoms with E-state index in [1.54, 1.807) is 18.2 Å². The summed E-state index contributed by atoms with van der Waals surface area (Å²) in [4.78, 5) is 22.5. The number of benzene rings is 2. The molecule has 5 heteroatoms. The fourth-order valence-electron chi connectivity index (χ4n) is 2.61. The van der Waals surface area contributed by atoms with Gasteiger partial charge >= 0.3 is 0 Å². The number of aliphatic hydroxyl groups is 1. The van der Waals surface area contributed by atoms with Crippen LogP contribution < -0.4 is 0 Å². The van der Waals surface area contributed by atoms with Gasteiger partial charge in [0.25, 0.3) is 0 Å². The fourth-order valence-corrected chi connectivity index (χ4v) is 2.61. The fraction of sp³-hybridized carbons (Fsp3) is 0.0588. The Bertz CT molecular complexity index is 997. The molecule has 108 valence electrons. The highest BCUT2D eigenvalue weighted by Crippen LogP contribution is 2.24. The molecule has 2 aromatic heterocycles. The maximum absolute atomic E-state index is 11.6. The zero-order valence-corrected chi connectivity index (χ0v) is 11.6. The molecular weight excluding hydrogens is 278 g/mol. The number of nitrogens with zero attached hydrogens (tertiary/aromatic N) is 1. The van der Waals surface area contributed by atoms with Crippen molar-refractivity contribution >= 4 is 27.7 Å². The summed E-state index contributed by atoms with van der Waals surface area (Å²) in [5, 5.41) is 10.1. The second kappa shape index (κ2) is 4.82. The molecule has 0 aliphatic carbocycles. The molecule has 0 atom stereocenters. The number of imidazole rings is 1. The van der Waals surface area contributed by atoms with Crippen LogP contribution in [0.1, 0.15) is 10.4 Å². The molecule has 4 aromatic rings. The van der Waals surface area contributed by atoms with Crippen LogP contribution in [-0.4, -0.2) is 32.4 Å². The molecule has 22 heavy (non-hydrogen) atoms. The lowest BCUT2D eigenvalue weighted by atomic mass is 10.1. The van der Waals surface area contributed by atoms with Crippen molar-refractivity contribution in [3.8, 4) is 11.4 Å². The average molecular weight is 291 g/mol. The first kappa shape index (κ1) is 12.8. The monoisotopic (exact) mass is 291 g/mol. The third-order valence-corrected chi connectivity index (χ3v) is 3.77. The maximum atomic E-state index is 11.6. The molecule has 0 amide bonds. The lowest BCUT2D eigenvalue weighted by molar-refractivity contribution is 0.0904. The summed E-state index contributed by atoms with van der Waals surface area (Å²) >= 11 is 0. The van der Waals surface area contributed by atoms with Crippen LogP contribution in [0.3, 0.4) is 0 Å². The number of rotatable bonds is 3. The number of carbonyl (C=O) groups is 1. The van der Waals surface area contributed by atoms with Gasteiger partial charge in [-0.15, -0.1) is 0 Å². The van der Waals surface area contributed by atoms with Crippen LogP contribution in [0.4, 0.5) is 0 Å². The second-order valence-corrected chi connectivity index (χ2v) is 5.18. The summed E-state index contributed by atoms with van der Waals surface area (Å²) in [5.41, 5.74) is 4.11. The number of hydrogen-bond donors (Lipinski definition) is 3. The minimum atomic E-state index is -0.489. The number of fused-ring (bicyclic) bond motifs is 2. The molecule has 0 bridgehead atoms. The quantitative estimate of drug-likeness (QED) is 0.508. The summed E-state index contributed by atoms with van der Waals surface area (Å²) in [5.74, 6) is 0.457. The molecule has 5 nitrogen and oxygen atoms in total. The Morgan fingerprint density at radius 2 is 2.00 bits per heavy atom. The molecule has 2 heterocycles.